The minimum Gasteiger partial charge on any atom is -0.314 e. The number of hydrogen-bond acceptors (Lipinski definition) is 2. The van der Waals surface area contributed by atoms with Gasteiger partial charge in [0.1, 0.15) is 0 Å². The number of benzene rings is 2. The van der Waals surface area contributed by atoms with E-state index < -0.39 is 0 Å². The van der Waals surface area contributed by atoms with Crippen molar-refractivity contribution < 1.29 is 0 Å². The minimum absolute atomic E-state index is 0.433. The molecule has 0 spiro atoms. The van der Waals surface area contributed by atoms with Crippen LogP contribution in [0.2, 0.25) is 0 Å². The molecule has 2 aromatic rings. The van der Waals surface area contributed by atoms with Crippen LogP contribution >= 0.6 is 0 Å². The average molecular weight is 238 g/mol. The molecule has 0 aromatic heterocycles. The Bertz CT molecular complexity index is 502. The SMILES string of the molecule is c1ccc(-c2cccc([C@@H]3CNCCN3)c2)cc1. The van der Waals surface area contributed by atoms with Crippen molar-refractivity contribution in [3.8, 4) is 11.1 Å². The molecular weight excluding hydrogens is 220 g/mol. The van der Waals surface area contributed by atoms with Crippen LogP contribution < -0.4 is 10.6 Å². The van der Waals surface area contributed by atoms with Crippen LogP contribution in [0.25, 0.3) is 11.1 Å². The van der Waals surface area contributed by atoms with Gasteiger partial charge in [0.2, 0.25) is 0 Å². The third-order valence-electron chi connectivity index (χ3n) is 3.44. The van der Waals surface area contributed by atoms with E-state index in [1.54, 1.807) is 0 Å². The first-order valence-corrected chi connectivity index (χ1v) is 6.53. The Morgan fingerprint density at radius 1 is 0.833 bits per heavy atom. The van der Waals surface area contributed by atoms with Gasteiger partial charge in [-0.3, -0.25) is 0 Å². The van der Waals surface area contributed by atoms with Crippen LogP contribution in [0.15, 0.2) is 54.6 Å². The standard InChI is InChI=1S/C16H18N2/c1-2-5-13(6-3-1)14-7-4-8-15(11-14)16-12-17-9-10-18-16/h1-8,11,16-18H,9-10,12H2/t16-/m0/s1. The van der Waals surface area contributed by atoms with E-state index in [4.69, 9.17) is 0 Å². The molecule has 1 fully saturated rings. The van der Waals surface area contributed by atoms with Crippen LogP contribution in [0, 0.1) is 0 Å². The van der Waals surface area contributed by atoms with Gasteiger partial charge in [0.05, 0.1) is 0 Å². The molecule has 1 aliphatic heterocycles. The second kappa shape index (κ2) is 5.34. The van der Waals surface area contributed by atoms with Crippen LogP contribution in [-0.4, -0.2) is 19.6 Å². The fraction of sp³-hybridized carbons (Fsp3) is 0.250. The van der Waals surface area contributed by atoms with Gasteiger partial charge in [-0.1, -0.05) is 48.5 Å². The molecule has 0 aliphatic carbocycles. The monoisotopic (exact) mass is 238 g/mol. The van der Waals surface area contributed by atoms with E-state index >= 15 is 0 Å². The van der Waals surface area contributed by atoms with E-state index in [0.29, 0.717) is 6.04 Å². The Hall–Kier alpha value is -1.64. The summed E-state index contributed by atoms with van der Waals surface area (Å²) in [5, 5.41) is 6.98. The van der Waals surface area contributed by atoms with Crippen molar-refractivity contribution in [3.63, 3.8) is 0 Å². The van der Waals surface area contributed by atoms with Crippen molar-refractivity contribution in [2.24, 2.45) is 0 Å². The first kappa shape index (κ1) is 11.5. The van der Waals surface area contributed by atoms with Crippen LogP contribution in [0.1, 0.15) is 11.6 Å². The number of rotatable bonds is 2. The molecule has 1 atom stereocenters. The zero-order valence-electron chi connectivity index (χ0n) is 10.4. The highest BCUT2D eigenvalue weighted by atomic mass is 15.1. The van der Waals surface area contributed by atoms with Gasteiger partial charge in [0.25, 0.3) is 0 Å². The predicted octanol–water partition coefficient (Wildman–Crippen LogP) is 2.59. The average Bonchev–Trinajstić information content (AvgIpc) is 2.49. The fourth-order valence-electron chi connectivity index (χ4n) is 2.45. The normalized spacial score (nSPS) is 19.7. The van der Waals surface area contributed by atoms with Crippen molar-refractivity contribution in [1.82, 2.24) is 10.6 Å². The van der Waals surface area contributed by atoms with E-state index in [9.17, 15) is 0 Å². The van der Waals surface area contributed by atoms with E-state index in [1.807, 2.05) is 0 Å². The summed E-state index contributed by atoms with van der Waals surface area (Å²) in [7, 11) is 0. The van der Waals surface area contributed by atoms with E-state index in [1.165, 1.54) is 16.7 Å². The van der Waals surface area contributed by atoms with Gasteiger partial charge in [0, 0.05) is 25.7 Å². The van der Waals surface area contributed by atoms with Crippen molar-refractivity contribution in [1.29, 1.82) is 0 Å². The molecule has 1 aliphatic rings. The van der Waals surface area contributed by atoms with Gasteiger partial charge in [-0.05, 0) is 22.8 Å². The molecule has 1 heterocycles. The van der Waals surface area contributed by atoms with Gasteiger partial charge >= 0.3 is 0 Å². The number of nitrogens with one attached hydrogen (secondary N) is 2. The lowest BCUT2D eigenvalue weighted by Gasteiger charge is -2.25. The number of piperazine rings is 1. The molecule has 0 radical (unpaired) electrons. The van der Waals surface area contributed by atoms with Crippen LogP contribution in [0.4, 0.5) is 0 Å². The molecule has 2 heteroatoms. The molecule has 1 saturated heterocycles. The van der Waals surface area contributed by atoms with Crippen molar-refractivity contribution in [2.45, 2.75) is 6.04 Å². The molecule has 0 saturated carbocycles. The van der Waals surface area contributed by atoms with E-state index in [0.717, 1.165) is 19.6 Å². The summed E-state index contributed by atoms with van der Waals surface area (Å²) in [5.41, 5.74) is 3.94. The summed E-state index contributed by atoms with van der Waals surface area (Å²) < 4.78 is 0. The second-order valence-electron chi connectivity index (χ2n) is 4.70. The fourth-order valence-corrected chi connectivity index (χ4v) is 2.45. The molecule has 0 unspecified atom stereocenters. The Kier molecular flexibility index (Phi) is 3.40. The molecule has 2 aromatic carbocycles. The minimum atomic E-state index is 0.433. The van der Waals surface area contributed by atoms with Gasteiger partial charge in [-0.15, -0.1) is 0 Å². The summed E-state index contributed by atoms with van der Waals surface area (Å²) in [5.74, 6) is 0. The lowest BCUT2D eigenvalue weighted by atomic mass is 9.99. The Balaban J connectivity index is 1.89. The van der Waals surface area contributed by atoms with Crippen LogP contribution in [-0.2, 0) is 0 Å². The highest BCUT2D eigenvalue weighted by molar-refractivity contribution is 5.64. The Morgan fingerprint density at radius 2 is 1.67 bits per heavy atom. The molecule has 3 rings (SSSR count). The van der Waals surface area contributed by atoms with Crippen LogP contribution in [0.5, 0.6) is 0 Å². The van der Waals surface area contributed by atoms with Crippen molar-refractivity contribution in [2.75, 3.05) is 19.6 Å². The zero-order chi connectivity index (χ0) is 12.2. The highest BCUT2D eigenvalue weighted by Gasteiger charge is 2.14. The molecule has 18 heavy (non-hydrogen) atoms. The lowest BCUT2D eigenvalue weighted by molar-refractivity contribution is 0.430. The zero-order valence-corrected chi connectivity index (χ0v) is 10.4. The van der Waals surface area contributed by atoms with Crippen LogP contribution in [0.3, 0.4) is 0 Å². The molecule has 92 valence electrons. The van der Waals surface area contributed by atoms with E-state index in [-0.39, 0.29) is 0 Å². The van der Waals surface area contributed by atoms with E-state index in [2.05, 4.69) is 65.2 Å². The third-order valence-corrected chi connectivity index (χ3v) is 3.44. The predicted molar refractivity (Wildman–Crippen MR) is 75.5 cm³/mol. The molecule has 2 nitrogen and oxygen atoms in total. The van der Waals surface area contributed by atoms with Gasteiger partial charge in [-0.2, -0.15) is 0 Å². The summed E-state index contributed by atoms with van der Waals surface area (Å²) in [6, 6.07) is 19.8. The number of hydrogen-bond donors (Lipinski definition) is 2. The smallest absolute Gasteiger partial charge is 0.0447 e. The maximum Gasteiger partial charge on any atom is 0.0447 e. The first-order chi connectivity index (χ1) is 8.93. The molecule has 2 N–H and O–H groups in total. The van der Waals surface area contributed by atoms with Crippen molar-refractivity contribution in [3.05, 3.63) is 60.2 Å². The first-order valence-electron chi connectivity index (χ1n) is 6.53. The highest BCUT2D eigenvalue weighted by Crippen LogP contribution is 2.23. The summed E-state index contributed by atoms with van der Waals surface area (Å²) in [4.78, 5) is 0. The van der Waals surface area contributed by atoms with Gasteiger partial charge in [-0.25, -0.2) is 0 Å². The third kappa shape index (κ3) is 2.45. The Morgan fingerprint density at radius 3 is 2.44 bits per heavy atom. The van der Waals surface area contributed by atoms with Crippen molar-refractivity contribution >= 4 is 0 Å². The lowest BCUT2D eigenvalue weighted by Crippen LogP contribution is -2.42. The maximum atomic E-state index is 3.55. The molecule has 0 amide bonds. The summed E-state index contributed by atoms with van der Waals surface area (Å²) >= 11 is 0. The quantitative estimate of drug-likeness (QED) is 0.840. The van der Waals surface area contributed by atoms with Gasteiger partial charge in [0.15, 0.2) is 0 Å². The maximum absolute atomic E-state index is 3.55. The molecule has 0 bridgehead atoms. The second-order valence-corrected chi connectivity index (χ2v) is 4.70. The molecular formula is C16H18N2. The largest absolute Gasteiger partial charge is 0.314 e. The summed E-state index contributed by atoms with van der Waals surface area (Å²) in [6.07, 6.45) is 0. The van der Waals surface area contributed by atoms with Gasteiger partial charge < -0.3 is 10.6 Å². The summed E-state index contributed by atoms with van der Waals surface area (Å²) in [6.45, 7) is 3.12. The topological polar surface area (TPSA) is 24.1 Å². The Labute approximate surface area is 108 Å².